The third kappa shape index (κ3) is 6.63. The van der Waals surface area contributed by atoms with Gasteiger partial charge in [0.15, 0.2) is 11.5 Å². The largest absolute Gasteiger partial charge is 0.490 e. The van der Waals surface area contributed by atoms with Gasteiger partial charge in [0, 0.05) is 5.69 Å². The average molecular weight is 483 g/mol. The molecular weight excluding hydrogens is 452 g/mol. The highest BCUT2D eigenvalue weighted by Gasteiger charge is 2.36. The van der Waals surface area contributed by atoms with E-state index in [0.717, 1.165) is 27.8 Å². The van der Waals surface area contributed by atoms with Crippen LogP contribution in [0.1, 0.15) is 37.5 Å². The minimum atomic E-state index is -0.497. The molecule has 180 valence electrons. The summed E-state index contributed by atoms with van der Waals surface area (Å²) in [4.78, 5) is 39.0. The molecule has 1 N–H and O–H groups in total. The average Bonchev–Trinajstić information content (AvgIpc) is 3.00. The van der Waals surface area contributed by atoms with Crippen LogP contribution in [0.5, 0.6) is 11.5 Å². The molecule has 7 nitrogen and oxygen atoms in total. The molecule has 0 unspecified atom stereocenters. The number of carbonyl (C=O) groups excluding carboxylic acids is 3. The molecule has 1 heterocycles. The molecule has 0 aromatic heterocycles. The van der Waals surface area contributed by atoms with Crippen LogP contribution in [0.25, 0.3) is 6.08 Å². The number of anilines is 1. The van der Waals surface area contributed by atoms with Gasteiger partial charge >= 0.3 is 0 Å². The SMILES string of the molecule is CCOc1cc(/C=C2\SC(=O)N(CC(=O)Nc3cc(C)cc(C)c3)C2=O)ccc1OCC(C)C. The van der Waals surface area contributed by atoms with Crippen molar-refractivity contribution in [3.8, 4) is 11.5 Å². The zero-order chi connectivity index (χ0) is 24.8. The van der Waals surface area contributed by atoms with E-state index in [0.29, 0.717) is 41.9 Å². The van der Waals surface area contributed by atoms with Gasteiger partial charge in [-0.05, 0) is 85.5 Å². The Labute approximate surface area is 204 Å². The Hall–Kier alpha value is -3.26. The summed E-state index contributed by atoms with van der Waals surface area (Å²) >= 11 is 0.814. The smallest absolute Gasteiger partial charge is 0.294 e. The van der Waals surface area contributed by atoms with E-state index >= 15 is 0 Å². The molecule has 1 saturated heterocycles. The lowest BCUT2D eigenvalue weighted by Crippen LogP contribution is -2.36. The van der Waals surface area contributed by atoms with Gasteiger partial charge in [-0.1, -0.05) is 26.0 Å². The van der Waals surface area contributed by atoms with Gasteiger partial charge in [0.25, 0.3) is 11.1 Å². The van der Waals surface area contributed by atoms with Crippen molar-refractivity contribution in [2.24, 2.45) is 5.92 Å². The summed E-state index contributed by atoms with van der Waals surface area (Å²) in [7, 11) is 0. The fourth-order valence-electron chi connectivity index (χ4n) is 3.44. The monoisotopic (exact) mass is 482 g/mol. The zero-order valence-corrected chi connectivity index (χ0v) is 21.0. The normalized spacial score (nSPS) is 14.8. The summed E-state index contributed by atoms with van der Waals surface area (Å²) in [5.41, 5.74) is 3.35. The van der Waals surface area contributed by atoms with Crippen LogP contribution in [0.15, 0.2) is 41.3 Å². The van der Waals surface area contributed by atoms with Gasteiger partial charge < -0.3 is 14.8 Å². The summed E-state index contributed by atoms with van der Waals surface area (Å²) in [6, 6.07) is 11.0. The van der Waals surface area contributed by atoms with Gasteiger partial charge in [-0.2, -0.15) is 0 Å². The van der Waals surface area contributed by atoms with E-state index in [4.69, 9.17) is 9.47 Å². The summed E-state index contributed by atoms with van der Waals surface area (Å²) < 4.78 is 11.5. The highest BCUT2D eigenvalue weighted by atomic mass is 32.2. The van der Waals surface area contributed by atoms with E-state index in [-0.39, 0.29) is 11.4 Å². The number of rotatable bonds is 9. The Kier molecular flexibility index (Phi) is 8.39. The number of nitrogens with one attached hydrogen (secondary N) is 1. The number of hydrogen-bond donors (Lipinski definition) is 1. The number of hydrogen-bond acceptors (Lipinski definition) is 6. The maximum atomic E-state index is 12.9. The molecule has 2 aromatic rings. The number of thioether (sulfide) groups is 1. The third-order valence-corrected chi connectivity index (χ3v) is 5.73. The summed E-state index contributed by atoms with van der Waals surface area (Å²) in [5.74, 6) is 0.642. The first kappa shape index (κ1) is 25.4. The van der Waals surface area contributed by atoms with E-state index < -0.39 is 17.1 Å². The Morgan fingerprint density at radius 2 is 1.76 bits per heavy atom. The molecule has 1 fully saturated rings. The maximum Gasteiger partial charge on any atom is 0.294 e. The van der Waals surface area contributed by atoms with Gasteiger partial charge in [-0.15, -0.1) is 0 Å². The minimum absolute atomic E-state index is 0.252. The second kappa shape index (κ2) is 11.2. The van der Waals surface area contributed by atoms with Crippen molar-refractivity contribution < 1.29 is 23.9 Å². The van der Waals surface area contributed by atoms with Crippen LogP contribution in [0.3, 0.4) is 0 Å². The lowest BCUT2D eigenvalue weighted by Gasteiger charge is -2.14. The summed E-state index contributed by atoms with van der Waals surface area (Å²) in [5, 5.41) is 2.28. The molecule has 1 aliphatic rings. The van der Waals surface area contributed by atoms with E-state index in [2.05, 4.69) is 19.2 Å². The fraction of sp³-hybridized carbons (Fsp3) is 0.346. The Bertz CT molecular complexity index is 1110. The van der Waals surface area contributed by atoms with Crippen LogP contribution in [0.2, 0.25) is 0 Å². The van der Waals surface area contributed by atoms with E-state index in [9.17, 15) is 14.4 Å². The third-order valence-electron chi connectivity index (χ3n) is 4.82. The predicted molar refractivity (Wildman–Crippen MR) is 135 cm³/mol. The number of imide groups is 1. The number of nitrogens with zero attached hydrogens (tertiary/aromatic N) is 1. The van der Waals surface area contributed by atoms with Crippen LogP contribution < -0.4 is 14.8 Å². The van der Waals surface area contributed by atoms with Crippen LogP contribution in [-0.2, 0) is 9.59 Å². The van der Waals surface area contributed by atoms with E-state index in [1.54, 1.807) is 24.3 Å². The molecule has 0 bridgehead atoms. The quantitative estimate of drug-likeness (QED) is 0.481. The fourth-order valence-corrected chi connectivity index (χ4v) is 4.28. The first-order chi connectivity index (χ1) is 16.2. The van der Waals surface area contributed by atoms with Crippen molar-refractivity contribution in [2.45, 2.75) is 34.6 Å². The highest BCUT2D eigenvalue weighted by molar-refractivity contribution is 8.18. The molecule has 34 heavy (non-hydrogen) atoms. The number of benzene rings is 2. The van der Waals surface area contributed by atoms with Gasteiger partial charge in [0.1, 0.15) is 6.54 Å². The number of amides is 3. The van der Waals surface area contributed by atoms with Gasteiger partial charge in [-0.3, -0.25) is 19.3 Å². The van der Waals surface area contributed by atoms with Crippen molar-refractivity contribution in [3.05, 3.63) is 58.0 Å². The second-order valence-electron chi connectivity index (χ2n) is 8.54. The molecule has 1 aliphatic heterocycles. The number of ether oxygens (including phenoxy) is 2. The van der Waals surface area contributed by atoms with Gasteiger partial charge in [0.2, 0.25) is 5.91 Å². The number of aryl methyl sites for hydroxylation is 2. The maximum absolute atomic E-state index is 12.9. The van der Waals surface area contributed by atoms with Gasteiger partial charge in [0.05, 0.1) is 18.1 Å². The van der Waals surface area contributed by atoms with Crippen molar-refractivity contribution in [1.82, 2.24) is 4.90 Å². The zero-order valence-electron chi connectivity index (χ0n) is 20.1. The Balaban J connectivity index is 1.72. The van der Waals surface area contributed by atoms with Crippen molar-refractivity contribution in [2.75, 3.05) is 25.1 Å². The van der Waals surface area contributed by atoms with E-state index in [1.807, 2.05) is 39.0 Å². The first-order valence-corrected chi connectivity index (χ1v) is 12.0. The summed E-state index contributed by atoms with van der Waals surface area (Å²) in [6.07, 6.45) is 1.63. The molecule has 8 heteroatoms. The highest BCUT2D eigenvalue weighted by Crippen LogP contribution is 2.34. The van der Waals surface area contributed by atoms with Crippen LogP contribution in [0.4, 0.5) is 10.5 Å². The lowest BCUT2D eigenvalue weighted by molar-refractivity contribution is -0.127. The van der Waals surface area contributed by atoms with Crippen molar-refractivity contribution in [1.29, 1.82) is 0 Å². The molecule has 0 aliphatic carbocycles. The standard InChI is InChI=1S/C26H30N2O5S/c1-6-32-22-12-19(7-8-21(22)33-15-16(2)3)13-23-25(30)28(26(31)34-23)14-24(29)27-20-10-17(4)9-18(5)11-20/h7-13,16H,6,14-15H2,1-5H3,(H,27,29)/b23-13-. The topological polar surface area (TPSA) is 84.9 Å². The van der Waals surface area contributed by atoms with Crippen LogP contribution in [-0.4, -0.2) is 41.7 Å². The molecule has 3 rings (SSSR count). The molecule has 3 amide bonds. The molecule has 0 spiro atoms. The van der Waals surface area contributed by atoms with E-state index in [1.165, 1.54) is 0 Å². The van der Waals surface area contributed by atoms with Crippen LogP contribution in [0, 0.1) is 19.8 Å². The lowest BCUT2D eigenvalue weighted by atomic mass is 10.1. The predicted octanol–water partition coefficient (Wildman–Crippen LogP) is 5.41. The Morgan fingerprint density at radius 1 is 1.06 bits per heavy atom. The summed E-state index contributed by atoms with van der Waals surface area (Å²) in [6.45, 7) is 10.6. The Morgan fingerprint density at radius 3 is 2.41 bits per heavy atom. The first-order valence-electron chi connectivity index (χ1n) is 11.2. The number of carbonyl (C=O) groups is 3. The molecule has 0 atom stereocenters. The molecule has 0 saturated carbocycles. The van der Waals surface area contributed by atoms with Crippen molar-refractivity contribution in [3.63, 3.8) is 0 Å². The van der Waals surface area contributed by atoms with Crippen molar-refractivity contribution >= 4 is 40.6 Å². The molecular formula is C26H30N2O5S. The minimum Gasteiger partial charge on any atom is -0.490 e. The molecule has 2 aromatic carbocycles. The van der Waals surface area contributed by atoms with Crippen LogP contribution >= 0.6 is 11.8 Å². The molecule has 0 radical (unpaired) electrons. The van der Waals surface area contributed by atoms with Gasteiger partial charge in [-0.25, -0.2) is 0 Å². The second-order valence-corrected chi connectivity index (χ2v) is 9.53.